The topological polar surface area (TPSA) is 58.3 Å². The molecule has 2 rings (SSSR count). The van der Waals surface area contributed by atoms with Crippen LogP contribution in [0, 0.1) is 0 Å². The first-order valence-electron chi connectivity index (χ1n) is 5.26. The van der Waals surface area contributed by atoms with Crippen molar-refractivity contribution in [2.75, 3.05) is 30.8 Å². The summed E-state index contributed by atoms with van der Waals surface area (Å²) in [5, 5.41) is 0. The molecule has 0 bridgehead atoms. The molecule has 1 aromatic heterocycles. The highest BCUT2D eigenvalue weighted by Crippen LogP contribution is 2.26. The molecular formula is C10H17N5. The quantitative estimate of drug-likeness (QED) is 0.784. The average Bonchev–Trinajstić information content (AvgIpc) is 2.16. The minimum atomic E-state index is 0.462. The number of rotatable bonds is 3. The van der Waals surface area contributed by atoms with Gasteiger partial charge in [0.1, 0.15) is 18.0 Å². The lowest BCUT2D eigenvalue weighted by molar-refractivity contribution is 0.185. The van der Waals surface area contributed by atoms with E-state index in [0.29, 0.717) is 12.0 Å². The molecule has 5 nitrogen and oxygen atoms in total. The van der Waals surface area contributed by atoms with Crippen molar-refractivity contribution in [3.63, 3.8) is 0 Å². The highest BCUT2D eigenvalue weighted by atomic mass is 15.4. The van der Waals surface area contributed by atoms with Crippen LogP contribution in [0.2, 0.25) is 0 Å². The Morgan fingerprint density at radius 2 is 2.40 bits per heavy atom. The molecule has 1 atom stereocenters. The van der Waals surface area contributed by atoms with E-state index in [1.54, 1.807) is 0 Å². The fourth-order valence-electron chi connectivity index (χ4n) is 1.83. The van der Waals surface area contributed by atoms with Crippen LogP contribution in [0.5, 0.6) is 0 Å². The molecule has 1 aromatic rings. The van der Waals surface area contributed by atoms with Crippen molar-refractivity contribution >= 4 is 11.6 Å². The molecule has 0 aromatic carbocycles. The van der Waals surface area contributed by atoms with Crippen molar-refractivity contribution in [1.29, 1.82) is 0 Å². The van der Waals surface area contributed by atoms with Crippen LogP contribution >= 0.6 is 0 Å². The van der Waals surface area contributed by atoms with Crippen molar-refractivity contribution in [2.45, 2.75) is 19.5 Å². The minimum absolute atomic E-state index is 0.462. The lowest BCUT2D eigenvalue weighted by Crippen LogP contribution is -2.56. The number of nitrogens with two attached hydrogens (primary N) is 1. The maximum absolute atomic E-state index is 5.64. The number of hydrogen-bond donors (Lipinski definition) is 1. The van der Waals surface area contributed by atoms with Crippen LogP contribution in [0.15, 0.2) is 12.4 Å². The second-order valence-corrected chi connectivity index (χ2v) is 3.84. The van der Waals surface area contributed by atoms with Crippen LogP contribution in [0.25, 0.3) is 0 Å². The van der Waals surface area contributed by atoms with Crippen LogP contribution in [0.1, 0.15) is 13.3 Å². The van der Waals surface area contributed by atoms with Gasteiger partial charge in [-0.3, -0.25) is 4.90 Å². The Morgan fingerprint density at radius 1 is 1.60 bits per heavy atom. The zero-order valence-corrected chi connectivity index (χ0v) is 9.22. The van der Waals surface area contributed by atoms with Crippen molar-refractivity contribution in [2.24, 2.45) is 0 Å². The fraction of sp³-hybridized carbons (Fsp3) is 0.600. The van der Waals surface area contributed by atoms with Gasteiger partial charge in [0, 0.05) is 12.6 Å². The number of nitrogens with zero attached hydrogens (tertiary/aromatic N) is 4. The molecule has 82 valence electrons. The third kappa shape index (κ3) is 1.87. The first kappa shape index (κ1) is 10.2. The number of nitrogen functional groups attached to an aromatic ring is 1. The van der Waals surface area contributed by atoms with E-state index in [1.807, 2.05) is 6.07 Å². The van der Waals surface area contributed by atoms with E-state index in [0.717, 1.165) is 18.9 Å². The Hall–Kier alpha value is -1.36. The van der Waals surface area contributed by atoms with Gasteiger partial charge in [0.2, 0.25) is 0 Å². The van der Waals surface area contributed by atoms with E-state index < -0.39 is 0 Å². The van der Waals surface area contributed by atoms with Crippen molar-refractivity contribution < 1.29 is 0 Å². The van der Waals surface area contributed by atoms with Gasteiger partial charge in [-0.05, 0) is 20.0 Å². The standard InChI is InChI=1S/C10H17N5/c1-3-14(2)10-4-5-15(10)9-6-8(11)12-7-13-9/h6-7,10H,3-5H2,1-2H3,(H2,11,12,13). The highest BCUT2D eigenvalue weighted by molar-refractivity contribution is 5.48. The van der Waals surface area contributed by atoms with Gasteiger partial charge in [-0.1, -0.05) is 6.92 Å². The molecule has 2 heterocycles. The van der Waals surface area contributed by atoms with Crippen LogP contribution < -0.4 is 10.6 Å². The summed E-state index contributed by atoms with van der Waals surface area (Å²) >= 11 is 0. The predicted molar refractivity (Wildman–Crippen MR) is 60.5 cm³/mol. The molecule has 1 fully saturated rings. The molecule has 0 radical (unpaired) electrons. The molecule has 1 aliphatic rings. The molecule has 5 heteroatoms. The molecule has 1 unspecified atom stereocenters. The normalized spacial score (nSPS) is 20.5. The number of anilines is 2. The Labute approximate surface area is 89.9 Å². The lowest BCUT2D eigenvalue weighted by Gasteiger charge is -2.46. The summed E-state index contributed by atoms with van der Waals surface area (Å²) in [6, 6.07) is 1.83. The van der Waals surface area contributed by atoms with Gasteiger partial charge in [-0.25, -0.2) is 9.97 Å². The number of aromatic nitrogens is 2. The van der Waals surface area contributed by atoms with Gasteiger partial charge >= 0.3 is 0 Å². The predicted octanol–water partition coefficient (Wildman–Crippen LogP) is 0.547. The maximum Gasteiger partial charge on any atom is 0.135 e. The summed E-state index contributed by atoms with van der Waals surface area (Å²) in [6.07, 6.45) is 3.17. The average molecular weight is 207 g/mol. The lowest BCUT2D eigenvalue weighted by atomic mass is 10.1. The Bertz CT molecular complexity index is 340. The minimum Gasteiger partial charge on any atom is -0.384 e. The summed E-state index contributed by atoms with van der Waals surface area (Å²) in [5.74, 6) is 1.46. The van der Waals surface area contributed by atoms with Crippen LogP contribution in [0.3, 0.4) is 0 Å². The molecule has 1 saturated heterocycles. The van der Waals surface area contributed by atoms with Crippen molar-refractivity contribution in [3.8, 4) is 0 Å². The molecule has 15 heavy (non-hydrogen) atoms. The smallest absolute Gasteiger partial charge is 0.135 e. The fourth-order valence-corrected chi connectivity index (χ4v) is 1.83. The molecule has 0 aliphatic carbocycles. The van der Waals surface area contributed by atoms with E-state index in [2.05, 4.69) is 33.7 Å². The summed E-state index contributed by atoms with van der Waals surface area (Å²) < 4.78 is 0. The maximum atomic E-state index is 5.64. The zero-order chi connectivity index (χ0) is 10.8. The highest BCUT2D eigenvalue weighted by Gasteiger charge is 2.31. The first-order valence-corrected chi connectivity index (χ1v) is 5.26. The van der Waals surface area contributed by atoms with Gasteiger partial charge in [0.15, 0.2) is 0 Å². The Balaban J connectivity index is 2.12. The van der Waals surface area contributed by atoms with Crippen LogP contribution in [0.4, 0.5) is 11.6 Å². The summed E-state index contributed by atoms with van der Waals surface area (Å²) in [6.45, 7) is 4.25. The van der Waals surface area contributed by atoms with Crippen molar-refractivity contribution in [1.82, 2.24) is 14.9 Å². The summed E-state index contributed by atoms with van der Waals surface area (Å²) in [4.78, 5) is 12.7. The largest absolute Gasteiger partial charge is 0.384 e. The van der Waals surface area contributed by atoms with E-state index in [1.165, 1.54) is 12.7 Å². The second-order valence-electron chi connectivity index (χ2n) is 3.84. The summed E-state index contributed by atoms with van der Waals surface area (Å²) in [7, 11) is 2.13. The molecule has 0 amide bonds. The summed E-state index contributed by atoms with van der Waals surface area (Å²) in [5.41, 5.74) is 5.64. The Morgan fingerprint density at radius 3 is 2.93 bits per heavy atom. The molecule has 2 N–H and O–H groups in total. The van der Waals surface area contributed by atoms with Crippen LogP contribution in [-0.4, -0.2) is 41.2 Å². The van der Waals surface area contributed by atoms with Gasteiger partial charge < -0.3 is 10.6 Å². The third-order valence-electron chi connectivity index (χ3n) is 2.96. The second kappa shape index (κ2) is 4.02. The van der Waals surface area contributed by atoms with Crippen LogP contribution in [-0.2, 0) is 0 Å². The van der Waals surface area contributed by atoms with Gasteiger partial charge in [0.25, 0.3) is 0 Å². The zero-order valence-electron chi connectivity index (χ0n) is 9.22. The van der Waals surface area contributed by atoms with E-state index in [9.17, 15) is 0 Å². The molecule has 1 aliphatic heterocycles. The monoisotopic (exact) mass is 207 g/mol. The number of hydrogen-bond acceptors (Lipinski definition) is 5. The van der Waals surface area contributed by atoms with E-state index in [-0.39, 0.29) is 0 Å². The van der Waals surface area contributed by atoms with E-state index in [4.69, 9.17) is 5.73 Å². The van der Waals surface area contributed by atoms with Gasteiger partial charge in [0.05, 0.1) is 6.17 Å². The molecule has 0 saturated carbocycles. The molecular weight excluding hydrogens is 190 g/mol. The molecule has 0 spiro atoms. The van der Waals surface area contributed by atoms with Gasteiger partial charge in [-0.15, -0.1) is 0 Å². The van der Waals surface area contributed by atoms with Crippen molar-refractivity contribution in [3.05, 3.63) is 12.4 Å². The SMILES string of the molecule is CCN(C)C1CCN1c1cc(N)ncn1. The Kier molecular flexibility index (Phi) is 2.73. The van der Waals surface area contributed by atoms with E-state index >= 15 is 0 Å². The first-order chi connectivity index (χ1) is 7.22. The van der Waals surface area contributed by atoms with Gasteiger partial charge in [-0.2, -0.15) is 0 Å². The third-order valence-corrected chi connectivity index (χ3v) is 2.96.